The molecule has 1 aromatic rings. The summed E-state index contributed by atoms with van der Waals surface area (Å²) in [6, 6.07) is 0. The van der Waals surface area contributed by atoms with E-state index in [0.717, 1.165) is 25.3 Å². The molecule has 1 rings (SSSR count). The average Bonchev–Trinajstić information content (AvgIpc) is 2.53. The largest absolute Gasteiger partial charge is 0.385 e. The highest BCUT2D eigenvalue weighted by molar-refractivity contribution is 6.16. The Hall–Kier alpha value is -0.540. The number of hydrogen-bond donors (Lipinski definition) is 0. The maximum atomic E-state index is 5.60. The van der Waals surface area contributed by atoms with Crippen LogP contribution >= 0.6 is 11.6 Å². The zero-order valence-corrected chi connectivity index (χ0v) is 7.92. The summed E-state index contributed by atoms with van der Waals surface area (Å²) in [4.78, 5) is 4.10. The van der Waals surface area contributed by atoms with Crippen LogP contribution in [0.5, 0.6) is 0 Å². The van der Waals surface area contributed by atoms with E-state index in [0.29, 0.717) is 5.88 Å². The van der Waals surface area contributed by atoms with Crippen molar-refractivity contribution in [1.82, 2.24) is 9.55 Å². The van der Waals surface area contributed by atoms with Crippen molar-refractivity contribution in [2.75, 3.05) is 13.7 Å². The molecule has 1 aromatic heterocycles. The Morgan fingerprint density at radius 2 is 2.50 bits per heavy atom. The second-order valence-electron chi connectivity index (χ2n) is 2.58. The smallest absolute Gasteiger partial charge is 0.0949 e. The first kappa shape index (κ1) is 9.55. The summed E-state index contributed by atoms with van der Waals surface area (Å²) in [5.74, 6) is 0.483. The molecular formula is C8H13ClN2O. The standard InChI is InChI=1S/C8H13ClN2O/c1-12-4-2-3-11-6-8(5-9)10-7-11/h6-7H,2-5H2,1H3. The van der Waals surface area contributed by atoms with E-state index in [1.54, 1.807) is 13.4 Å². The van der Waals surface area contributed by atoms with E-state index in [2.05, 4.69) is 4.98 Å². The van der Waals surface area contributed by atoms with Crippen LogP contribution in [0.1, 0.15) is 12.1 Å². The molecule has 4 heteroatoms. The number of nitrogens with zero attached hydrogens (tertiary/aromatic N) is 2. The molecule has 0 aliphatic rings. The Balaban J connectivity index is 2.31. The number of rotatable bonds is 5. The molecule has 0 bridgehead atoms. The van der Waals surface area contributed by atoms with Gasteiger partial charge in [-0.05, 0) is 6.42 Å². The maximum absolute atomic E-state index is 5.60. The summed E-state index contributed by atoms with van der Waals surface area (Å²) < 4.78 is 6.96. The summed E-state index contributed by atoms with van der Waals surface area (Å²) in [5.41, 5.74) is 0.925. The van der Waals surface area contributed by atoms with Gasteiger partial charge in [0.2, 0.25) is 0 Å². The van der Waals surface area contributed by atoms with Crippen LogP contribution in [0.15, 0.2) is 12.5 Å². The van der Waals surface area contributed by atoms with Gasteiger partial charge < -0.3 is 9.30 Å². The predicted octanol–water partition coefficient (Wildman–Crippen LogP) is 1.66. The first-order valence-corrected chi connectivity index (χ1v) is 4.46. The molecule has 0 amide bonds. The molecule has 0 aliphatic heterocycles. The molecule has 0 unspecified atom stereocenters. The highest BCUT2D eigenvalue weighted by Crippen LogP contribution is 2.00. The van der Waals surface area contributed by atoms with E-state index in [4.69, 9.17) is 16.3 Å². The Bertz CT molecular complexity index is 225. The van der Waals surface area contributed by atoms with E-state index < -0.39 is 0 Å². The lowest BCUT2D eigenvalue weighted by Gasteiger charge is -1.99. The van der Waals surface area contributed by atoms with Crippen LogP contribution in [0.25, 0.3) is 0 Å². The van der Waals surface area contributed by atoms with E-state index in [9.17, 15) is 0 Å². The summed E-state index contributed by atoms with van der Waals surface area (Å²) in [6.45, 7) is 1.73. The van der Waals surface area contributed by atoms with E-state index in [-0.39, 0.29) is 0 Å². The van der Waals surface area contributed by atoms with E-state index >= 15 is 0 Å². The van der Waals surface area contributed by atoms with Crippen molar-refractivity contribution in [3.63, 3.8) is 0 Å². The van der Waals surface area contributed by atoms with Crippen LogP contribution in [0, 0.1) is 0 Å². The quantitative estimate of drug-likeness (QED) is 0.519. The molecule has 0 radical (unpaired) electrons. The lowest BCUT2D eigenvalue weighted by molar-refractivity contribution is 0.190. The molecule has 3 nitrogen and oxygen atoms in total. The van der Waals surface area contributed by atoms with Gasteiger partial charge in [-0.2, -0.15) is 0 Å². The number of methoxy groups -OCH3 is 1. The maximum Gasteiger partial charge on any atom is 0.0949 e. The SMILES string of the molecule is COCCCn1cnc(CCl)c1. The second-order valence-corrected chi connectivity index (χ2v) is 2.85. The fourth-order valence-electron chi connectivity index (χ4n) is 0.989. The Kier molecular flexibility index (Phi) is 4.11. The number of alkyl halides is 1. The third kappa shape index (κ3) is 2.83. The highest BCUT2D eigenvalue weighted by atomic mass is 35.5. The first-order chi connectivity index (χ1) is 5.86. The predicted molar refractivity (Wildman–Crippen MR) is 48.3 cm³/mol. The van der Waals surface area contributed by atoms with Crippen molar-refractivity contribution >= 4 is 11.6 Å². The molecule has 0 spiro atoms. The molecule has 0 atom stereocenters. The fourth-order valence-corrected chi connectivity index (χ4v) is 1.13. The average molecular weight is 189 g/mol. The van der Waals surface area contributed by atoms with Crippen molar-refractivity contribution < 1.29 is 4.74 Å². The van der Waals surface area contributed by atoms with Crippen molar-refractivity contribution in [3.8, 4) is 0 Å². The summed E-state index contributed by atoms with van der Waals surface area (Å²) in [7, 11) is 1.71. The number of halogens is 1. The monoisotopic (exact) mass is 188 g/mol. The molecule has 0 saturated heterocycles. The van der Waals surface area contributed by atoms with Gasteiger partial charge in [-0.3, -0.25) is 0 Å². The zero-order chi connectivity index (χ0) is 8.81. The summed E-state index contributed by atoms with van der Waals surface area (Å²) >= 11 is 5.60. The lowest BCUT2D eigenvalue weighted by Crippen LogP contribution is -1.98. The molecule has 68 valence electrons. The van der Waals surface area contributed by atoms with Gasteiger partial charge in [0.1, 0.15) is 0 Å². The van der Waals surface area contributed by atoms with Crippen molar-refractivity contribution in [2.45, 2.75) is 18.8 Å². The van der Waals surface area contributed by atoms with Gasteiger partial charge in [-0.25, -0.2) is 4.98 Å². The van der Waals surface area contributed by atoms with E-state index in [1.807, 2.05) is 10.8 Å². The zero-order valence-electron chi connectivity index (χ0n) is 7.16. The number of ether oxygens (including phenoxy) is 1. The number of imidazole rings is 1. The summed E-state index contributed by atoms with van der Waals surface area (Å²) in [5, 5.41) is 0. The fraction of sp³-hybridized carbons (Fsp3) is 0.625. The van der Waals surface area contributed by atoms with Crippen molar-refractivity contribution in [3.05, 3.63) is 18.2 Å². The third-order valence-electron chi connectivity index (χ3n) is 1.59. The minimum absolute atomic E-state index is 0.483. The number of aromatic nitrogens is 2. The van der Waals surface area contributed by atoms with Crippen molar-refractivity contribution in [1.29, 1.82) is 0 Å². The molecule has 0 aliphatic carbocycles. The Morgan fingerprint density at radius 3 is 3.08 bits per heavy atom. The van der Waals surface area contributed by atoms with E-state index in [1.165, 1.54) is 0 Å². The first-order valence-electron chi connectivity index (χ1n) is 3.92. The minimum atomic E-state index is 0.483. The third-order valence-corrected chi connectivity index (χ3v) is 1.86. The van der Waals surface area contributed by atoms with Gasteiger partial charge in [-0.15, -0.1) is 11.6 Å². The second kappa shape index (κ2) is 5.17. The Labute approximate surface area is 77.3 Å². The van der Waals surface area contributed by atoms with Gasteiger partial charge in [0.15, 0.2) is 0 Å². The van der Waals surface area contributed by atoms with Gasteiger partial charge >= 0.3 is 0 Å². The van der Waals surface area contributed by atoms with Crippen LogP contribution in [-0.2, 0) is 17.2 Å². The molecule has 0 saturated carbocycles. The summed E-state index contributed by atoms with van der Waals surface area (Å²) in [6.07, 6.45) is 4.77. The topological polar surface area (TPSA) is 27.1 Å². The minimum Gasteiger partial charge on any atom is -0.385 e. The Morgan fingerprint density at radius 1 is 1.67 bits per heavy atom. The van der Waals surface area contributed by atoms with Gasteiger partial charge in [0.05, 0.1) is 17.9 Å². The van der Waals surface area contributed by atoms with Crippen LogP contribution in [-0.4, -0.2) is 23.3 Å². The van der Waals surface area contributed by atoms with Crippen molar-refractivity contribution in [2.24, 2.45) is 0 Å². The van der Waals surface area contributed by atoms with Gasteiger partial charge in [0.25, 0.3) is 0 Å². The molecule has 12 heavy (non-hydrogen) atoms. The van der Waals surface area contributed by atoms with Crippen LogP contribution in [0.3, 0.4) is 0 Å². The van der Waals surface area contributed by atoms with Gasteiger partial charge in [0, 0.05) is 26.5 Å². The number of aryl methyl sites for hydroxylation is 1. The molecule has 0 N–H and O–H groups in total. The van der Waals surface area contributed by atoms with Gasteiger partial charge in [-0.1, -0.05) is 0 Å². The molecule has 1 heterocycles. The van der Waals surface area contributed by atoms with Crippen LogP contribution < -0.4 is 0 Å². The lowest BCUT2D eigenvalue weighted by atomic mass is 10.4. The van der Waals surface area contributed by atoms with Crippen LogP contribution in [0.2, 0.25) is 0 Å². The van der Waals surface area contributed by atoms with Crippen LogP contribution in [0.4, 0.5) is 0 Å². The molecular weight excluding hydrogens is 176 g/mol. The molecule has 0 fully saturated rings. The molecule has 0 aromatic carbocycles. The normalized spacial score (nSPS) is 10.5. The number of hydrogen-bond acceptors (Lipinski definition) is 2. The highest BCUT2D eigenvalue weighted by Gasteiger charge is 1.95.